The maximum absolute atomic E-state index is 2.37. The normalized spacial score (nSPS) is 11.3. The van der Waals surface area contributed by atoms with Crippen molar-refractivity contribution in [3.8, 4) is 11.1 Å². The highest BCUT2D eigenvalue weighted by Gasteiger charge is 2.15. The summed E-state index contributed by atoms with van der Waals surface area (Å²) in [6, 6.07) is 45.1. The van der Waals surface area contributed by atoms with Crippen LogP contribution in [0.1, 0.15) is 33.4 Å². The zero-order chi connectivity index (χ0) is 25.9. The molecule has 0 aliphatic heterocycles. The van der Waals surface area contributed by atoms with Crippen LogP contribution in [-0.4, -0.2) is 0 Å². The average Bonchev–Trinajstić information content (AvgIpc) is 2.96. The molecule has 0 aliphatic rings. The molecule has 0 amide bonds. The highest BCUT2D eigenvalue weighted by Crippen LogP contribution is 2.37. The third-order valence-corrected chi connectivity index (χ3v) is 7.94. The number of fused-ring (bicyclic) bond motifs is 2. The maximum Gasteiger partial charge on any atom is -0.0142 e. The van der Waals surface area contributed by atoms with Gasteiger partial charge in [-0.2, -0.15) is 0 Å². The van der Waals surface area contributed by atoms with Gasteiger partial charge in [0.25, 0.3) is 0 Å². The Bertz CT molecular complexity index is 1570. The smallest absolute Gasteiger partial charge is 0.0142 e. The Balaban J connectivity index is 1.47. The summed E-state index contributed by atoms with van der Waals surface area (Å²) in [6.07, 6.45) is 4.11. The molecular weight excluding hydrogens is 456 g/mol. The summed E-state index contributed by atoms with van der Waals surface area (Å²) in [6.45, 7) is 4.31. The van der Waals surface area contributed by atoms with E-state index in [4.69, 9.17) is 0 Å². The fraction of sp³-hybridized carbons (Fsp3) is 0.158. The van der Waals surface area contributed by atoms with E-state index in [2.05, 4.69) is 135 Å². The largest absolute Gasteiger partial charge is 0.0616 e. The van der Waals surface area contributed by atoms with Gasteiger partial charge in [0.1, 0.15) is 0 Å². The number of hydrogen-bond acceptors (Lipinski definition) is 0. The molecule has 0 heterocycles. The van der Waals surface area contributed by atoms with Crippen LogP contribution in [0.5, 0.6) is 0 Å². The number of rotatable bonds is 7. The SMILES string of the molecule is Cc1ccc(CCc2c(-c3ccc4ccccc4c3CCc3ccc(C)cc3)ccc3ccccc23)cc1. The minimum atomic E-state index is 1.02. The predicted molar refractivity (Wildman–Crippen MR) is 164 cm³/mol. The summed E-state index contributed by atoms with van der Waals surface area (Å²) in [5.74, 6) is 0. The van der Waals surface area contributed by atoms with E-state index in [1.165, 1.54) is 66.1 Å². The molecule has 0 atom stereocenters. The Hall–Kier alpha value is -4.16. The van der Waals surface area contributed by atoms with Crippen LogP contribution in [0.25, 0.3) is 32.7 Å². The topological polar surface area (TPSA) is 0 Å². The van der Waals surface area contributed by atoms with Gasteiger partial charge >= 0.3 is 0 Å². The molecule has 0 radical (unpaired) electrons. The van der Waals surface area contributed by atoms with Gasteiger partial charge in [-0.05, 0) is 94.5 Å². The molecule has 0 saturated carbocycles. The first kappa shape index (κ1) is 24.2. The van der Waals surface area contributed by atoms with Gasteiger partial charge in [-0.15, -0.1) is 0 Å². The molecule has 0 N–H and O–H groups in total. The molecule has 6 aromatic rings. The molecule has 0 aromatic heterocycles. The Morgan fingerprint density at radius 2 is 0.763 bits per heavy atom. The summed E-state index contributed by atoms with van der Waals surface area (Å²) in [5.41, 5.74) is 11.1. The Morgan fingerprint density at radius 1 is 0.368 bits per heavy atom. The Labute approximate surface area is 226 Å². The van der Waals surface area contributed by atoms with Crippen molar-refractivity contribution in [2.75, 3.05) is 0 Å². The maximum atomic E-state index is 2.37. The number of benzene rings is 6. The van der Waals surface area contributed by atoms with Gasteiger partial charge in [-0.1, -0.05) is 132 Å². The molecule has 6 aromatic carbocycles. The lowest BCUT2D eigenvalue weighted by Gasteiger charge is -2.19. The van der Waals surface area contributed by atoms with E-state index < -0.39 is 0 Å². The zero-order valence-corrected chi connectivity index (χ0v) is 22.4. The molecule has 0 aliphatic carbocycles. The minimum Gasteiger partial charge on any atom is -0.0616 e. The van der Waals surface area contributed by atoms with Crippen LogP contribution < -0.4 is 0 Å². The zero-order valence-electron chi connectivity index (χ0n) is 22.4. The molecule has 0 nitrogen and oxygen atoms in total. The molecule has 0 unspecified atom stereocenters. The lowest BCUT2D eigenvalue weighted by molar-refractivity contribution is 0.959. The van der Waals surface area contributed by atoms with E-state index in [-0.39, 0.29) is 0 Å². The van der Waals surface area contributed by atoms with E-state index >= 15 is 0 Å². The molecule has 0 fully saturated rings. The van der Waals surface area contributed by atoms with E-state index in [0.717, 1.165) is 25.7 Å². The second kappa shape index (κ2) is 10.7. The first-order valence-corrected chi connectivity index (χ1v) is 13.8. The van der Waals surface area contributed by atoms with Crippen LogP contribution >= 0.6 is 0 Å². The van der Waals surface area contributed by atoms with Crippen molar-refractivity contribution in [1.29, 1.82) is 0 Å². The third-order valence-electron chi connectivity index (χ3n) is 7.94. The Kier molecular flexibility index (Phi) is 6.80. The molecule has 0 spiro atoms. The van der Waals surface area contributed by atoms with Crippen molar-refractivity contribution in [3.63, 3.8) is 0 Å². The molecule has 6 rings (SSSR count). The van der Waals surface area contributed by atoms with Crippen LogP contribution in [0, 0.1) is 13.8 Å². The molecule has 38 heavy (non-hydrogen) atoms. The van der Waals surface area contributed by atoms with Crippen LogP contribution in [-0.2, 0) is 25.7 Å². The van der Waals surface area contributed by atoms with Crippen LogP contribution in [0.4, 0.5) is 0 Å². The highest BCUT2D eigenvalue weighted by atomic mass is 14.2. The van der Waals surface area contributed by atoms with E-state index in [1.54, 1.807) is 0 Å². The van der Waals surface area contributed by atoms with Crippen LogP contribution in [0.3, 0.4) is 0 Å². The third kappa shape index (κ3) is 5.00. The van der Waals surface area contributed by atoms with Gasteiger partial charge in [-0.25, -0.2) is 0 Å². The highest BCUT2D eigenvalue weighted by molar-refractivity contribution is 5.96. The summed E-state index contributed by atoms with van der Waals surface area (Å²) in [5, 5.41) is 5.37. The van der Waals surface area contributed by atoms with Crippen LogP contribution in [0.2, 0.25) is 0 Å². The summed E-state index contributed by atoms with van der Waals surface area (Å²) < 4.78 is 0. The fourth-order valence-electron chi connectivity index (χ4n) is 5.76. The number of aryl methyl sites for hydroxylation is 6. The molecular formula is C38H34. The van der Waals surface area contributed by atoms with Crippen molar-refractivity contribution < 1.29 is 0 Å². The van der Waals surface area contributed by atoms with E-state index in [1.807, 2.05) is 0 Å². The van der Waals surface area contributed by atoms with Gasteiger partial charge in [0.15, 0.2) is 0 Å². The van der Waals surface area contributed by atoms with Crippen molar-refractivity contribution in [3.05, 3.63) is 155 Å². The standard InChI is InChI=1S/C38H34/c1-27-11-15-29(16-12-27)19-23-35-33-9-5-3-7-31(33)21-25-37(35)38-26-22-32-8-4-6-10-34(32)36(38)24-20-30-17-13-28(2)14-18-30/h3-18,21-22,25-26H,19-20,23-24H2,1-2H3. The molecule has 186 valence electrons. The van der Waals surface area contributed by atoms with Gasteiger partial charge in [0.2, 0.25) is 0 Å². The lowest BCUT2D eigenvalue weighted by atomic mass is 9.85. The first-order chi connectivity index (χ1) is 18.7. The molecule has 0 saturated heterocycles. The second-order valence-electron chi connectivity index (χ2n) is 10.6. The molecule has 0 bridgehead atoms. The fourth-order valence-corrected chi connectivity index (χ4v) is 5.76. The summed E-state index contributed by atoms with van der Waals surface area (Å²) in [4.78, 5) is 0. The Morgan fingerprint density at radius 3 is 1.18 bits per heavy atom. The predicted octanol–water partition coefficient (Wildman–Crippen LogP) is 9.85. The van der Waals surface area contributed by atoms with Crippen molar-refractivity contribution >= 4 is 21.5 Å². The van der Waals surface area contributed by atoms with Gasteiger partial charge in [-0.3, -0.25) is 0 Å². The number of hydrogen-bond donors (Lipinski definition) is 0. The molecule has 0 heteroatoms. The first-order valence-electron chi connectivity index (χ1n) is 13.8. The van der Waals surface area contributed by atoms with Gasteiger partial charge < -0.3 is 0 Å². The summed E-state index contributed by atoms with van der Waals surface area (Å²) >= 11 is 0. The quantitative estimate of drug-likeness (QED) is 0.209. The van der Waals surface area contributed by atoms with Crippen molar-refractivity contribution in [1.82, 2.24) is 0 Å². The van der Waals surface area contributed by atoms with Crippen molar-refractivity contribution in [2.24, 2.45) is 0 Å². The van der Waals surface area contributed by atoms with Crippen LogP contribution in [0.15, 0.2) is 121 Å². The van der Waals surface area contributed by atoms with E-state index in [9.17, 15) is 0 Å². The average molecular weight is 491 g/mol. The summed E-state index contributed by atoms with van der Waals surface area (Å²) in [7, 11) is 0. The van der Waals surface area contributed by atoms with Gasteiger partial charge in [0, 0.05) is 0 Å². The second-order valence-corrected chi connectivity index (χ2v) is 10.6. The van der Waals surface area contributed by atoms with Crippen molar-refractivity contribution in [2.45, 2.75) is 39.5 Å². The minimum absolute atomic E-state index is 1.02. The lowest BCUT2D eigenvalue weighted by Crippen LogP contribution is -2.01. The monoisotopic (exact) mass is 490 g/mol. The van der Waals surface area contributed by atoms with Gasteiger partial charge in [0.05, 0.1) is 0 Å². The van der Waals surface area contributed by atoms with E-state index in [0.29, 0.717) is 0 Å².